The topological polar surface area (TPSA) is 104 Å². The summed E-state index contributed by atoms with van der Waals surface area (Å²) in [6, 6.07) is 3.45. The predicted octanol–water partition coefficient (Wildman–Crippen LogP) is 3.68. The highest BCUT2D eigenvalue weighted by atomic mass is 35.5. The van der Waals surface area contributed by atoms with Crippen LogP contribution >= 0.6 is 22.9 Å². The number of hydrogen-bond donors (Lipinski definition) is 2. The minimum atomic E-state index is -0.948. The Morgan fingerprint density at radius 3 is 2.94 bits per heavy atom. The second-order valence-corrected chi connectivity index (χ2v) is 10.4. The first kappa shape index (κ1) is 25.4. The largest absolute Gasteiger partial charge is 0.481 e. The fourth-order valence-electron chi connectivity index (χ4n) is 4.26. The second kappa shape index (κ2) is 10.5. The summed E-state index contributed by atoms with van der Waals surface area (Å²) in [4.78, 5) is 35.2. The van der Waals surface area contributed by atoms with E-state index in [4.69, 9.17) is 16.3 Å². The molecule has 0 spiro atoms. The molecule has 8 nitrogen and oxygen atoms in total. The van der Waals surface area contributed by atoms with Crippen LogP contribution in [0.1, 0.15) is 36.9 Å². The molecule has 186 valence electrons. The number of aliphatic imine (C=N–C) groups is 1. The third-order valence-electron chi connectivity index (χ3n) is 6.24. The number of benzene rings is 1. The van der Waals surface area contributed by atoms with Gasteiger partial charge in [-0.1, -0.05) is 23.7 Å². The van der Waals surface area contributed by atoms with Crippen LogP contribution in [0, 0.1) is 11.2 Å². The lowest BCUT2D eigenvalue weighted by Crippen LogP contribution is -2.50. The molecule has 0 aliphatic carbocycles. The molecule has 2 aliphatic heterocycles. The first-order chi connectivity index (χ1) is 16.7. The maximum absolute atomic E-state index is 14.3. The summed E-state index contributed by atoms with van der Waals surface area (Å²) in [6.07, 6.45) is 2.74. The third kappa shape index (κ3) is 5.45. The van der Waals surface area contributed by atoms with Crippen LogP contribution in [-0.4, -0.2) is 65.4 Å². The van der Waals surface area contributed by atoms with Gasteiger partial charge in [-0.05, 0) is 26.3 Å². The Balaban J connectivity index is 1.72. The number of morpholine rings is 1. The van der Waals surface area contributed by atoms with Gasteiger partial charge in [-0.25, -0.2) is 9.37 Å². The molecule has 2 N–H and O–H groups in total. The van der Waals surface area contributed by atoms with Crippen LogP contribution < -0.4 is 5.32 Å². The van der Waals surface area contributed by atoms with Crippen LogP contribution in [0.4, 0.5) is 4.39 Å². The molecular weight excluding hydrogens is 495 g/mol. The minimum absolute atomic E-state index is 0.0900. The number of ether oxygens (including phenoxy) is 1. The number of carboxylic acids is 1. The van der Waals surface area contributed by atoms with Gasteiger partial charge in [0.2, 0.25) is 0 Å². The van der Waals surface area contributed by atoms with Crippen LogP contribution in [0.3, 0.4) is 0 Å². The second-order valence-electron chi connectivity index (χ2n) is 9.13. The Kier molecular flexibility index (Phi) is 7.65. The van der Waals surface area contributed by atoms with Crippen LogP contribution in [-0.2, 0) is 14.3 Å². The number of aliphatic carboxylic acids is 1. The number of aldehydes is 1. The van der Waals surface area contributed by atoms with Gasteiger partial charge >= 0.3 is 5.97 Å². The molecule has 1 aromatic carbocycles. The third-order valence-corrected chi connectivity index (χ3v) is 7.42. The quantitative estimate of drug-likeness (QED) is 0.512. The number of rotatable bonds is 8. The number of carbonyl (C=O) groups excluding carboxylic acids is 1. The fraction of sp³-hybridized carbons (Fsp3) is 0.417. The molecule has 11 heteroatoms. The summed E-state index contributed by atoms with van der Waals surface area (Å²) in [5.74, 6) is -1.02. The maximum atomic E-state index is 14.3. The molecule has 2 aromatic rings. The Labute approximate surface area is 211 Å². The number of nitrogens with one attached hydrogen (secondary N) is 1. The van der Waals surface area contributed by atoms with E-state index in [0.29, 0.717) is 66.7 Å². The predicted molar refractivity (Wildman–Crippen MR) is 131 cm³/mol. The summed E-state index contributed by atoms with van der Waals surface area (Å²) in [7, 11) is 0. The Bertz CT molecular complexity index is 1170. The van der Waals surface area contributed by atoms with Crippen molar-refractivity contribution in [1.82, 2.24) is 15.2 Å². The van der Waals surface area contributed by atoms with Crippen molar-refractivity contribution < 1.29 is 23.8 Å². The summed E-state index contributed by atoms with van der Waals surface area (Å²) < 4.78 is 19.9. The molecule has 1 unspecified atom stereocenters. The number of aromatic nitrogens is 1. The number of hydrogen-bond acceptors (Lipinski definition) is 8. The molecular formula is C24H26ClFN4O4S. The summed E-state index contributed by atoms with van der Waals surface area (Å²) in [5, 5.41) is 15.2. The molecule has 1 aromatic heterocycles. The lowest BCUT2D eigenvalue weighted by molar-refractivity contribution is -0.149. The van der Waals surface area contributed by atoms with Crippen molar-refractivity contribution in [2.24, 2.45) is 10.4 Å². The zero-order valence-electron chi connectivity index (χ0n) is 19.3. The van der Waals surface area contributed by atoms with E-state index in [9.17, 15) is 19.1 Å². The molecule has 0 bridgehead atoms. The minimum Gasteiger partial charge on any atom is -0.481 e. The maximum Gasteiger partial charge on any atom is 0.309 e. The highest BCUT2D eigenvalue weighted by molar-refractivity contribution is 7.11. The molecule has 3 heterocycles. The van der Waals surface area contributed by atoms with E-state index >= 15 is 0 Å². The summed E-state index contributed by atoms with van der Waals surface area (Å²) in [5.41, 5.74) is 0.356. The molecule has 0 saturated carbocycles. The van der Waals surface area contributed by atoms with Crippen LogP contribution in [0.25, 0.3) is 0 Å². The van der Waals surface area contributed by atoms with Gasteiger partial charge in [0, 0.05) is 47.5 Å². The van der Waals surface area contributed by atoms with Gasteiger partial charge in [0.25, 0.3) is 0 Å². The first-order valence-corrected chi connectivity index (χ1v) is 12.4. The van der Waals surface area contributed by atoms with Crippen molar-refractivity contribution in [3.05, 3.63) is 62.5 Å². The van der Waals surface area contributed by atoms with Crippen LogP contribution in [0.2, 0.25) is 5.02 Å². The normalized spacial score (nSPS) is 21.4. The Morgan fingerprint density at radius 2 is 2.26 bits per heavy atom. The van der Waals surface area contributed by atoms with Crippen molar-refractivity contribution in [2.45, 2.75) is 32.4 Å². The monoisotopic (exact) mass is 520 g/mol. The number of carbonyl (C=O) groups is 2. The smallest absolute Gasteiger partial charge is 0.309 e. The molecule has 4 rings (SSSR count). The van der Waals surface area contributed by atoms with Crippen molar-refractivity contribution in [3.8, 4) is 0 Å². The molecule has 1 fully saturated rings. The average molecular weight is 521 g/mol. The number of carboxylic acid groups (broad SMARTS) is 1. The van der Waals surface area contributed by atoms with Gasteiger partial charge in [0.1, 0.15) is 18.1 Å². The highest BCUT2D eigenvalue weighted by Crippen LogP contribution is 2.36. The van der Waals surface area contributed by atoms with Crippen molar-refractivity contribution in [3.63, 3.8) is 0 Å². The fourth-order valence-corrected chi connectivity index (χ4v) is 5.08. The van der Waals surface area contributed by atoms with E-state index in [1.54, 1.807) is 26.1 Å². The zero-order valence-corrected chi connectivity index (χ0v) is 20.9. The van der Waals surface area contributed by atoms with Gasteiger partial charge in [0.05, 0.1) is 23.7 Å². The number of amidine groups is 1. The molecule has 0 amide bonds. The van der Waals surface area contributed by atoms with Crippen molar-refractivity contribution in [1.29, 1.82) is 0 Å². The molecule has 35 heavy (non-hydrogen) atoms. The molecule has 0 radical (unpaired) electrons. The SMILES string of the molecule is CC(C)(CC1COCCN1CC1=C(C=O)[C@H](c2cccc(F)c2Cl)N=C(c2nccs2)N1)C(=O)O. The lowest BCUT2D eigenvalue weighted by Gasteiger charge is -2.40. The molecule has 2 aliphatic rings. The van der Waals surface area contributed by atoms with E-state index in [-0.39, 0.29) is 11.1 Å². The molecule has 2 atom stereocenters. The lowest BCUT2D eigenvalue weighted by atomic mass is 9.85. The summed E-state index contributed by atoms with van der Waals surface area (Å²) in [6.45, 7) is 5.13. The van der Waals surface area contributed by atoms with E-state index in [2.05, 4.69) is 20.2 Å². The van der Waals surface area contributed by atoms with E-state index < -0.39 is 23.2 Å². The van der Waals surface area contributed by atoms with E-state index in [0.717, 1.165) is 0 Å². The Morgan fingerprint density at radius 1 is 1.46 bits per heavy atom. The number of nitrogens with zero attached hydrogens (tertiary/aromatic N) is 3. The van der Waals surface area contributed by atoms with Crippen LogP contribution in [0.5, 0.6) is 0 Å². The van der Waals surface area contributed by atoms with Gasteiger partial charge in [-0.2, -0.15) is 0 Å². The van der Waals surface area contributed by atoms with Gasteiger partial charge in [0.15, 0.2) is 10.8 Å². The first-order valence-electron chi connectivity index (χ1n) is 11.1. The highest BCUT2D eigenvalue weighted by Gasteiger charge is 2.36. The van der Waals surface area contributed by atoms with E-state index in [1.807, 2.05) is 5.38 Å². The van der Waals surface area contributed by atoms with Crippen molar-refractivity contribution >= 4 is 41.0 Å². The van der Waals surface area contributed by atoms with Gasteiger partial charge in [-0.3, -0.25) is 19.5 Å². The van der Waals surface area contributed by atoms with Gasteiger partial charge in [-0.15, -0.1) is 11.3 Å². The number of halogens is 2. The summed E-state index contributed by atoms with van der Waals surface area (Å²) >= 11 is 7.67. The average Bonchev–Trinajstić information content (AvgIpc) is 3.36. The molecule has 1 saturated heterocycles. The standard InChI is InChI=1S/C24H26ClFN4O4S/c1-24(2,23(32)33)10-14-13-34-8-7-30(14)11-18-16(12-31)20(15-4-3-5-17(26)19(15)25)29-21(28-18)22-27-6-9-35-22/h3-6,9,12,14,20H,7-8,10-11,13H2,1-2H3,(H,28,29)(H,32,33)/t14?,20-/m0/s1. The zero-order chi connectivity index (χ0) is 25.2. The van der Waals surface area contributed by atoms with Crippen LogP contribution in [0.15, 0.2) is 46.0 Å². The van der Waals surface area contributed by atoms with Gasteiger partial charge < -0.3 is 15.2 Å². The number of thiazole rings is 1. The van der Waals surface area contributed by atoms with E-state index in [1.165, 1.54) is 23.5 Å². The van der Waals surface area contributed by atoms with Crippen molar-refractivity contribution in [2.75, 3.05) is 26.3 Å². The Hall–Kier alpha value is -2.66.